The van der Waals surface area contributed by atoms with Crippen molar-refractivity contribution in [1.29, 1.82) is 0 Å². The van der Waals surface area contributed by atoms with Gasteiger partial charge in [0.25, 0.3) is 0 Å². The van der Waals surface area contributed by atoms with Crippen molar-refractivity contribution in [2.45, 2.75) is 30.6 Å². The fraction of sp³-hybridized carbons (Fsp3) is 0.529. The highest BCUT2D eigenvalue weighted by Gasteiger charge is 2.27. The van der Waals surface area contributed by atoms with Crippen molar-refractivity contribution in [3.05, 3.63) is 24.3 Å². The van der Waals surface area contributed by atoms with Crippen molar-refractivity contribution in [3.8, 4) is 0 Å². The summed E-state index contributed by atoms with van der Waals surface area (Å²) in [4.78, 5) is 24.5. The molecular formula is C17H25N3O5S. The second-order valence-electron chi connectivity index (χ2n) is 6.38. The van der Waals surface area contributed by atoms with Crippen molar-refractivity contribution in [1.82, 2.24) is 9.21 Å². The number of carbonyl (C=O) groups excluding carboxylic acids is 1. The number of aliphatic carboxylic acids is 1. The maximum absolute atomic E-state index is 12.6. The van der Waals surface area contributed by atoms with E-state index in [4.69, 9.17) is 5.11 Å². The van der Waals surface area contributed by atoms with Crippen LogP contribution in [-0.2, 0) is 19.6 Å². The van der Waals surface area contributed by atoms with Crippen LogP contribution < -0.4 is 5.32 Å². The van der Waals surface area contributed by atoms with Crippen LogP contribution in [0.15, 0.2) is 29.2 Å². The van der Waals surface area contributed by atoms with Crippen LogP contribution in [0.1, 0.15) is 25.7 Å². The van der Waals surface area contributed by atoms with E-state index in [1.165, 1.54) is 16.4 Å². The second kappa shape index (κ2) is 9.11. The van der Waals surface area contributed by atoms with Crippen LogP contribution in [0.5, 0.6) is 0 Å². The van der Waals surface area contributed by atoms with Gasteiger partial charge >= 0.3 is 5.97 Å². The van der Waals surface area contributed by atoms with Gasteiger partial charge in [-0.1, -0.05) is 6.07 Å². The minimum Gasteiger partial charge on any atom is -0.481 e. The molecule has 144 valence electrons. The first-order chi connectivity index (χ1) is 12.3. The second-order valence-corrected chi connectivity index (χ2v) is 8.32. The van der Waals surface area contributed by atoms with Gasteiger partial charge in [-0.2, -0.15) is 4.31 Å². The standard InChI is InChI=1S/C17H25N3O5S/c1-19(12-8-17(22)23)11-7-16(21)18-14-5-4-6-15(13-14)26(24,25)20-9-2-3-10-20/h4-6,13H,2-3,7-12H2,1H3,(H,18,21)(H,22,23). The first-order valence-corrected chi connectivity index (χ1v) is 10.0. The average Bonchev–Trinajstić information content (AvgIpc) is 3.14. The molecule has 0 saturated carbocycles. The van der Waals surface area contributed by atoms with Gasteiger partial charge in [0.1, 0.15) is 0 Å². The molecule has 2 rings (SSSR count). The Hall–Kier alpha value is -1.97. The van der Waals surface area contributed by atoms with Gasteiger partial charge in [-0.25, -0.2) is 8.42 Å². The molecule has 1 aliphatic rings. The van der Waals surface area contributed by atoms with Crippen LogP contribution in [0.3, 0.4) is 0 Å². The topological polar surface area (TPSA) is 107 Å². The molecular weight excluding hydrogens is 358 g/mol. The fourth-order valence-electron chi connectivity index (χ4n) is 2.73. The molecule has 2 N–H and O–H groups in total. The van der Waals surface area contributed by atoms with Gasteiger partial charge in [0.2, 0.25) is 15.9 Å². The van der Waals surface area contributed by atoms with Crippen LogP contribution in [0.25, 0.3) is 0 Å². The van der Waals surface area contributed by atoms with Gasteiger partial charge in [0, 0.05) is 38.3 Å². The Morgan fingerprint density at radius 3 is 2.50 bits per heavy atom. The van der Waals surface area contributed by atoms with E-state index in [1.54, 1.807) is 24.1 Å². The highest BCUT2D eigenvalue weighted by atomic mass is 32.2. The molecule has 1 saturated heterocycles. The van der Waals surface area contributed by atoms with E-state index in [-0.39, 0.29) is 23.6 Å². The van der Waals surface area contributed by atoms with Gasteiger partial charge < -0.3 is 15.3 Å². The number of nitrogens with one attached hydrogen (secondary N) is 1. The van der Waals surface area contributed by atoms with Gasteiger partial charge in [-0.3, -0.25) is 9.59 Å². The van der Waals surface area contributed by atoms with E-state index in [0.29, 0.717) is 31.9 Å². The maximum atomic E-state index is 12.6. The Kier molecular flexibility index (Phi) is 7.13. The largest absolute Gasteiger partial charge is 0.481 e. The molecule has 0 unspecified atom stereocenters. The molecule has 1 fully saturated rings. The van der Waals surface area contributed by atoms with Gasteiger partial charge in [0.05, 0.1) is 11.3 Å². The lowest BCUT2D eigenvalue weighted by atomic mass is 10.3. The van der Waals surface area contributed by atoms with Crippen molar-refractivity contribution >= 4 is 27.6 Å². The number of anilines is 1. The summed E-state index contributed by atoms with van der Waals surface area (Å²) in [5.74, 6) is -1.12. The number of rotatable bonds is 9. The van der Waals surface area contributed by atoms with Gasteiger partial charge in [-0.15, -0.1) is 0 Å². The molecule has 1 aliphatic heterocycles. The van der Waals surface area contributed by atoms with E-state index in [2.05, 4.69) is 5.32 Å². The Bertz CT molecular complexity index is 745. The fourth-order valence-corrected chi connectivity index (χ4v) is 4.29. The smallest absolute Gasteiger partial charge is 0.304 e. The summed E-state index contributed by atoms with van der Waals surface area (Å²) in [6.45, 7) is 1.85. The molecule has 26 heavy (non-hydrogen) atoms. The van der Waals surface area contributed by atoms with E-state index < -0.39 is 16.0 Å². The van der Waals surface area contributed by atoms with Crippen LogP contribution >= 0.6 is 0 Å². The zero-order valence-corrected chi connectivity index (χ0v) is 15.7. The highest BCUT2D eigenvalue weighted by Crippen LogP contribution is 2.23. The molecule has 8 nitrogen and oxygen atoms in total. The highest BCUT2D eigenvalue weighted by molar-refractivity contribution is 7.89. The molecule has 0 aliphatic carbocycles. The predicted octanol–water partition coefficient (Wildman–Crippen LogP) is 1.21. The monoisotopic (exact) mass is 383 g/mol. The quantitative estimate of drug-likeness (QED) is 0.664. The zero-order chi connectivity index (χ0) is 19.2. The molecule has 0 atom stereocenters. The summed E-state index contributed by atoms with van der Waals surface area (Å²) < 4.78 is 26.6. The number of nitrogens with zero attached hydrogens (tertiary/aromatic N) is 2. The zero-order valence-electron chi connectivity index (χ0n) is 14.8. The van der Waals surface area contributed by atoms with Crippen molar-refractivity contribution < 1.29 is 23.1 Å². The minimum atomic E-state index is -3.52. The molecule has 0 radical (unpaired) electrons. The van der Waals surface area contributed by atoms with Gasteiger partial charge in [-0.05, 0) is 38.1 Å². The van der Waals surface area contributed by atoms with Crippen molar-refractivity contribution in [2.75, 3.05) is 38.5 Å². The minimum absolute atomic E-state index is 0.0223. The summed E-state index contributed by atoms with van der Waals surface area (Å²) in [6.07, 6.45) is 1.95. The van der Waals surface area contributed by atoms with E-state index in [0.717, 1.165) is 12.8 Å². The van der Waals surface area contributed by atoms with Crippen molar-refractivity contribution in [2.24, 2.45) is 0 Å². The number of carboxylic acid groups (broad SMARTS) is 1. The molecule has 1 amide bonds. The maximum Gasteiger partial charge on any atom is 0.304 e. The molecule has 0 bridgehead atoms. The molecule has 9 heteroatoms. The van der Waals surface area contributed by atoms with Crippen LogP contribution in [0.2, 0.25) is 0 Å². The lowest BCUT2D eigenvalue weighted by Gasteiger charge is -2.17. The summed E-state index contributed by atoms with van der Waals surface area (Å²) in [6, 6.07) is 6.26. The number of carbonyl (C=O) groups is 2. The lowest BCUT2D eigenvalue weighted by molar-refractivity contribution is -0.137. The molecule has 0 spiro atoms. The summed E-state index contributed by atoms with van der Waals surface area (Å²) in [7, 11) is -1.77. The first kappa shape index (κ1) is 20.3. The third kappa shape index (κ3) is 5.79. The van der Waals surface area contributed by atoms with Crippen LogP contribution in [0, 0.1) is 0 Å². The van der Waals surface area contributed by atoms with E-state index in [1.807, 2.05) is 0 Å². The summed E-state index contributed by atoms with van der Waals surface area (Å²) in [5, 5.41) is 11.3. The number of sulfonamides is 1. The Labute approximate surface area is 153 Å². The number of benzene rings is 1. The third-order valence-electron chi connectivity index (χ3n) is 4.25. The Morgan fingerprint density at radius 1 is 1.19 bits per heavy atom. The van der Waals surface area contributed by atoms with E-state index in [9.17, 15) is 18.0 Å². The number of hydrogen-bond acceptors (Lipinski definition) is 5. The molecule has 0 aromatic heterocycles. The van der Waals surface area contributed by atoms with Gasteiger partial charge in [0.15, 0.2) is 0 Å². The summed E-state index contributed by atoms with van der Waals surface area (Å²) in [5.41, 5.74) is 0.434. The number of hydrogen-bond donors (Lipinski definition) is 2. The Balaban J connectivity index is 1.91. The first-order valence-electron chi connectivity index (χ1n) is 8.59. The molecule has 1 aromatic carbocycles. The lowest BCUT2D eigenvalue weighted by Crippen LogP contribution is -2.28. The average molecular weight is 383 g/mol. The van der Waals surface area contributed by atoms with Crippen LogP contribution in [-0.4, -0.2) is 67.8 Å². The number of amides is 1. The molecule has 1 aromatic rings. The van der Waals surface area contributed by atoms with E-state index >= 15 is 0 Å². The third-order valence-corrected chi connectivity index (χ3v) is 6.14. The van der Waals surface area contributed by atoms with Crippen molar-refractivity contribution in [3.63, 3.8) is 0 Å². The van der Waals surface area contributed by atoms with Crippen LogP contribution in [0.4, 0.5) is 5.69 Å². The SMILES string of the molecule is CN(CCC(=O)O)CCC(=O)Nc1cccc(S(=O)(=O)N2CCCC2)c1. The predicted molar refractivity (Wildman–Crippen MR) is 97.4 cm³/mol. The Morgan fingerprint density at radius 2 is 1.85 bits per heavy atom. The summed E-state index contributed by atoms with van der Waals surface area (Å²) >= 11 is 0. The molecule has 1 heterocycles. The normalized spacial score (nSPS) is 15.3. The number of carboxylic acids is 1.